The van der Waals surface area contributed by atoms with Crippen LogP contribution in [-0.4, -0.2) is 32.1 Å². The molecular weight excluding hydrogens is 190 g/mol. The molecule has 0 aromatic rings. The zero-order valence-corrected chi connectivity index (χ0v) is 10.1. The second kappa shape index (κ2) is 8.08. The van der Waals surface area contributed by atoms with Crippen molar-refractivity contribution in [2.75, 3.05) is 19.8 Å². The van der Waals surface area contributed by atoms with Crippen LogP contribution in [0.25, 0.3) is 0 Å². The predicted molar refractivity (Wildman–Crippen MR) is 61.9 cm³/mol. The molecular formula is C12H25NO2. The molecule has 0 atom stereocenters. The monoisotopic (exact) mass is 215 g/mol. The van der Waals surface area contributed by atoms with Crippen LogP contribution in [0.2, 0.25) is 0 Å². The van der Waals surface area contributed by atoms with Crippen LogP contribution >= 0.6 is 0 Å². The minimum absolute atomic E-state index is 0.0677. The summed E-state index contributed by atoms with van der Waals surface area (Å²) in [5.41, 5.74) is 0. The molecule has 1 N–H and O–H groups in total. The van der Waals surface area contributed by atoms with Gasteiger partial charge in [-0.1, -0.05) is 19.3 Å². The molecule has 0 spiro atoms. The fourth-order valence-corrected chi connectivity index (χ4v) is 2.11. The molecule has 0 aromatic heterocycles. The fraction of sp³-hybridized carbons (Fsp3) is 1.00. The Morgan fingerprint density at radius 2 is 1.67 bits per heavy atom. The largest absolute Gasteiger partial charge is 0.352 e. The molecule has 0 bridgehead atoms. The molecule has 1 aliphatic carbocycles. The highest BCUT2D eigenvalue weighted by molar-refractivity contribution is 4.72. The van der Waals surface area contributed by atoms with Crippen LogP contribution in [0.5, 0.6) is 0 Å². The summed E-state index contributed by atoms with van der Waals surface area (Å²) < 4.78 is 11.0. The van der Waals surface area contributed by atoms with E-state index in [1.807, 2.05) is 13.8 Å². The first kappa shape index (κ1) is 12.9. The van der Waals surface area contributed by atoms with E-state index in [0.29, 0.717) is 6.04 Å². The van der Waals surface area contributed by atoms with Gasteiger partial charge in [-0.05, 0) is 26.7 Å². The third kappa shape index (κ3) is 5.50. The van der Waals surface area contributed by atoms with Crippen molar-refractivity contribution in [3.05, 3.63) is 0 Å². The molecule has 1 fully saturated rings. The molecule has 90 valence electrons. The van der Waals surface area contributed by atoms with E-state index in [1.165, 1.54) is 32.1 Å². The van der Waals surface area contributed by atoms with E-state index in [1.54, 1.807) is 0 Å². The van der Waals surface area contributed by atoms with Crippen molar-refractivity contribution in [1.82, 2.24) is 5.32 Å². The highest BCUT2D eigenvalue weighted by atomic mass is 16.7. The first-order chi connectivity index (χ1) is 7.36. The average molecular weight is 215 g/mol. The van der Waals surface area contributed by atoms with Crippen molar-refractivity contribution in [1.29, 1.82) is 0 Å². The van der Waals surface area contributed by atoms with Crippen LogP contribution in [0.4, 0.5) is 0 Å². The molecule has 0 aliphatic heterocycles. The molecule has 1 aliphatic rings. The number of hydrogen-bond donors (Lipinski definition) is 1. The Morgan fingerprint density at radius 3 is 2.20 bits per heavy atom. The molecule has 1 rings (SSSR count). The van der Waals surface area contributed by atoms with E-state index in [-0.39, 0.29) is 6.29 Å². The fourth-order valence-electron chi connectivity index (χ4n) is 2.11. The summed E-state index contributed by atoms with van der Waals surface area (Å²) in [5, 5.41) is 3.54. The topological polar surface area (TPSA) is 30.5 Å². The van der Waals surface area contributed by atoms with Crippen molar-refractivity contribution in [2.45, 2.75) is 58.3 Å². The normalized spacial score (nSPS) is 18.6. The minimum Gasteiger partial charge on any atom is -0.352 e. The zero-order valence-electron chi connectivity index (χ0n) is 10.1. The summed E-state index contributed by atoms with van der Waals surface area (Å²) in [6.45, 7) is 6.28. The maximum absolute atomic E-state index is 5.49. The minimum atomic E-state index is -0.0677. The molecule has 0 amide bonds. The quantitative estimate of drug-likeness (QED) is 0.661. The lowest BCUT2D eigenvalue weighted by molar-refractivity contribution is -0.134. The highest BCUT2D eigenvalue weighted by Crippen LogP contribution is 2.17. The van der Waals surface area contributed by atoms with Gasteiger partial charge in [-0.25, -0.2) is 0 Å². The van der Waals surface area contributed by atoms with Gasteiger partial charge in [0.15, 0.2) is 6.29 Å². The van der Waals surface area contributed by atoms with Gasteiger partial charge in [0.1, 0.15) is 0 Å². The molecule has 0 heterocycles. The maximum Gasteiger partial charge on any atom is 0.169 e. The van der Waals surface area contributed by atoms with E-state index >= 15 is 0 Å². The Hall–Kier alpha value is -0.120. The number of rotatable bonds is 7. The average Bonchev–Trinajstić information content (AvgIpc) is 2.28. The van der Waals surface area contributed by atoms with Crippen LogP contribution in [0, 0.1) is 0 Å². The molecule has 0 radical (unpaired) electrons. The van der Waals surface area contributed by atoms with Gasteiger partial charge in [0.25, 0.3) is 0 Å². The van der Waals surface area contributed by atoms with Gasteiger partial charge in [-0.3, -0.25) is 0 Å². The molecule has 15 heavy (non-hydrogen) atoms. The van der Waals surface area contributed by atoms with Crippen molar-refractivity contribution < 1.29 is 9.47 Å². The van der Waals surface area contributed by atoms with Crippen LogP contribution in [0.15, 0.2) is 0 Å². The molecule has 0 unspecified atom stereocenters. The zero-order chi connectivity index (χ0) is 10.9. The lowest BCUT2D eigenvalue weighted by Gasteiger charge is -2.25. The van der Waals surface area contributed by atoms with E-state index in [0.717, 1.165) is 19.8 Å². The lowest BCUT2D eigenvalue weighted by Crippen LogP contribution is -2.39. The standard InChI is InChI=1S/C12H25NO2/c1-3-14-12(15-4-2)10-13-11-8-6-5-7-9-11/h11-13H,3-10H2,1-2H3. The van der Waals surface area contributed by atoms with Crippen LogP contribution in [-0.2, 0) is 9.47 Å². The SMILES string of the molecule is CCOC(CNC1CCCCC1)OCC. The molecule has 3 nitrogen and oxygen atoms in total. The van der Waals surface area contributed by atoms with Crippen molar-refractivity contribution in [3.8, 4) is 0 Å². The van der Waals surface area contributed by atoms with Crippen LogP contribution in [0.1, 0.15) is 46.0 Å². The summed E-state index contributed by atoms with van der Waals surface area (Å²) in [4.78, 5) is 0. The second-order valence-electron chi connectivity index (χ2n) is 4.08. The summed E-state index contributed by atoms with van der Waals surface area (Å²) in [7, 11) is 0. The van der Waals surface area contributed by atoms with Crippen LogP contribution < -0.4 is 5.32 Å². The van der Waals surface area contributed by atoms with Crippen molar-refractivity contribution >= 4 is 0 Å². The van der Waals surface area contributed by atoms with Gasteiger partial charge >= 0.3 is 0 Å². The third-order valence-corrected chi connectivity index (χ3v) is 2.88. The third-order valence-electron chi connectivity index (χ3n) is 2.88. The first-order valence-electron chi connectivity index (χ1n) is 6.33. The molecule has 0 saturated heterocycles. The van der Waals surface area contributed by atoms with Gasteiger partial charge in [-0.15, -0.1) is 0 Å². The van der Waals surface area contributed by atoms with E-state index in [9.17, 15) is 0 Å². The maximum atomic E-state index is 5.49. The predicted octanol–water partition coefficient (Wildman–Crippen LogP) is 2.31. The second-order valence-corrected chi connectivity index (χ2v) is 4.08. The number of nitrogens with one attached hydrogen (secondary N) is 1. The Bertz CT molecular complexity index is 141. The smallest absolute Gasteiger partial charge is 0.169 e. The lowest BCUT2D eigenvalue weighted by atomic mass is 9.95. The van der Waals surface area contributed by atoms with E-state index in [2.05, 4.69) is 5.32 Å². The van der Waals surface area contributed by atoms with Gasteiger partial charge in [0, 0.05) is 25.8 Å². The molecule has 1 saturated carbocycles. The Labute approximate surface area is 93.5 Å². The Kier molecular flexibility index (Phi) is 6.98. The summed E-state index contributed by atoms with van der Waals surface area (Å²) in [6, 6.07) is 0.683. The van der Waals surface area contributed by atoms with Crippen LogP contribution in [0.3, 0.4) is 0 Å². The Morgan fingerprint density at radius 1 is 1.07 bits per heavy atom. The van der Waals surface area contributed by atoms with Gasteiger partial charge in [0.2, 0.25) is 0 Å². The van der Waals surface area contributed by atoms with Crippen molar-refractivity contribution in [3.63, 3.8) is 0 Å². The highest BCUT2D eigenvalue weighted by Gasteiger charge is 2.15. The Balaban J connectivity index is 2.13. The summed E-state index contributed by atoms with van der Waals surface area (Å²) in [5.74, 6) is 0. The van der Waals surface area contributed by atoms with Gasteiger partial charge < -0.3 is 14.8 Å². The molecule has 0 aromatic carbocycles. The van der Waals surface area contributed by atoms with E-state index in [4.69, 9.17) is 9.47 Å². The summed E-state index contributed by atoms with van der Waals surface area (Å²) in [6.07, 6.45) is 6.69. The van der Waals surface area contributed by atoms with E-state index < -0.39 is 0 Å². The molecule has 3 heteroatoms. The summed E-state index contributed by atoms with van der Waals surface area (Å²) >= 11 is 0. The van der Waals surface area contributed by atoms with Gasteiger partial charge in [-0.2, -0.15) is 0 Å². The number of hydrogen-bond acceptors (Lipinski definition) is 3. The number of ether oxygens (including phenoxy) is 2. The van der Waals surface area contributed by atoms with Crippen molar-refractivity contribution in [2.24, 2.45) is 0 Å². The first-order valence-corrected chi connectivity index (χ1v) is 6.33. The van der Waals surface area contributed by atoms with Gasteiger partial charge in [0.05, 0.1) is 0 Å².